The Balaban J connectivity index is 1.28. The van der Waals surface area contributed by atoms with Crippen molar-refractivity contribution >= 4 is 17.3 Å². The van der Waals surface area contributed by atoms with Crippen LogP contribution in [0.5, 0.6) is 5.75 Å². The van der Waals surface area contributed by atoms with Crippen molar-refractivity contribution in [2.45, 2.75) is 31.9 Å². The third-order valence-corrected chi connectivity index (χ3v) is 7.28. The van der Waals surface area contributed by atoms with Crippen molar-refractivity contribution in [3.63, 3.8) is 0 Å². The van der Waals surface area contributed by atoms with E-state index >= 15 is 0 Å². The smallest absolute Gasteiger partial charge is 0.206 e. The van der Waals surface area contributed by atoms with E-state index in [2.05, 4.69) is 48.6 Å². The highest BCUT2D eigenvalue weighted by Crippen LogP contribution is 2.32. The van der Waals surface area contributed by atoms with Gasteiger partial charge in [0.2, 0.25) is 5.82 Å². The summed E-state index contributed by atoms with van der Waals surface area (Å²) in [5.74, 6) is 8.31. The van der Waals surface area contributed by atoms with Crippen molar-refractivity contribution in [1.82, 2.24) is 25.1 Å². The number of methoxy groups -OCH3 is 1. The molecule has 198 valence electrons. The summed E-state index contributed by atoms with van der Waals surface area (Å²) in [4.78, 5) is 16.0. The molecule has 38 heavy (non-hydrogen) atoms. The molecule has 2 atom stereocenters. The minimum Gasteiger partial charge on any atom is -0.507 e. The van der Waals surface area contributed by atoms with Gasteiger partial charge in [0.1, 0.15) is 11.6 Å². The van der Waals surface area contributed by atoms with Crippen LogP contribution in [0.1, 0.15) is 25.6 Å². The first-order valence-corrected chi connectivity index (χ1v) is 13.0. The maximum Gasteiger partial charge on any atom is 0.206 e. The van der Waals surface area contributed by atoms with E-state index in [0.717, 1.165) is 57.1 Å². The molecule has 2 saturated heterocycles. The number of nitrogen functional groups attached to an aromatic ring is 1. The molecule has 1 aromatic carbocycles. The van der Waals surface area contributed by atoms with E-state index in [4.69, 9.17) is 15.5 Å². The zero-order valence-electron chi connectivity index (χ0n) is 21.9. The number of hydrogen-bond acceptors (Lipinski definition) is 10. The molecule has 2 fully saturated rings. The maximum absolute atomic E-state index is 10.3. The number of aromatic nitrogens is 4. The van der Waals surface area contributed by atoms with Crippen molar-refractivity contribution < 1.29 is 9.84 Å². The SMILES string of the molecule is COC1CCN(CC#Cc2nccc(N3CCN(c4cc(-c5ccccc5O)nnc4N)CCC3C)n2)C1. The average Bonchev–Trinajstić information content (AvgIpc) is 3.31. The fourth-order valence-corrected chi connectivity index (χ4v) is 5.04. The number of para-hydroxylation sites is 1. The molecule has 0 bridgehead atoms. The Bertz CT molecular complexity index is 1320. The third-order valence-electron chi connectivity index (χ3n) is 7.28. The molecule has 3 aromatic rings. The van der Waals surface area contributed by atoms with Crippen LogP contribution in [0.15, 0.2) is 42.6 Å². The van der Waals surface area contributed by atoms with Gasteiger partial charge in [-0.2, -0.15) is 0 Å². The predicted octanol–water partition coefficient (Wildman–Crippen LogP) is 2.40. The molecule has 0 aliphatic carbocycles. The number of aromatic hydroxyl groups is 1. The molecular weight excluding hydrogens is 480 g/mol. The van der Waals surface area contributed by atoms with Crippen molar-refractivity contribution in [3.05, 3.63) is 48.4 Å². The number of hydrogen-bond donors (Lipinski definition) is 2. The minimum absolute atomic E-state index is 0.162. The zero-order valence-corrected chi connectivity index (χ0v) is 21.9. The molecule has 2 unspecified atom stereocenters. The summed E-state index contributed by atoms with van der Waals surface area (Å²) >= 11 is 0. The summed E-state index contributed by atoms with van der Waals surface area (Å²) in [6, 6.07) is 11.2. The van der Waals surface area contributed by atoms with Gasteiger partial charge < -0.3 is 25.4 Å². The molecule has 4 heterocycles. The summed E-state index contributed by atoms with van der Waals surface area (Å²) in [7, 11) is 1.76. The zero-order chi connectivity index (χ0) is 26.5. The predicted molar refractivity (Wildman–Crippen MR) is 148 cm³/mol. The Morgan fingerprint density at radius 2 is 1.97 bits per heavy atom. The van der Waals surface area contributed by atoms with E-state index < -0.39 is 0 Å². The summed E-state index contributed by atoms with van der Waals surface area (Å²) in [5.41, 5.74) is 8.29. The molecule has 0 saturated carbocycles. The van der Waals surface area contributed by atoms with Crippen LogP contribution in [0.25, 0.3) is 11.3 Å². The number of rotatable bonds is 5. The molecule has 5 rings (SSSR count). The summed E-state index contributed by atoms with van der Waals surface area (Å²) in [6.07, 6.45) is 4.04. The molecule has 2 aliphatic rings. The van der Waals surface area contributed by atoms with Crippen LogP contribution in [-0.4, -0.2) is 88.7 Å². The molecule has 0 spiro atoms. The lowest BCUT2D eigenvalue weighted by Crippen LogP contribution is -2.35. The Labute approximate surface area is 223 Å². The number of nitrogens with two attached hydrogens (primary N) is 1. The van der Waals surface area contributed by atoms with Crippen LogP contribution in [0, 0.1) is 11.8 Å². The number of ether oxygens (including phenoxy) is 1. The van der Waals surface area contributed by atoms with Gasteiger partial charge in [-0.05, 0) is 50.0 Å². The highest BCUT2D eigenvalue weighted by atomic mass is 16.5. The number of benzene rings is 1. The van der Waals surface area contributed by atoms with Gasteiger partial charge in [-0.25, -0.2) is 9.97 Å². The number of phenolic OH excluding ortho intramolecular Hbond substituents is 1. The van der Waals surface area contributed by atoms with E-state index in [0.29, 0.717) is 35.5 Å². The van der Waals surface area contributed by atoms with Crippen LogP contribution in [0.4, 0.5) is 17.3 Å². The van der Waals surface area contributed by atoms with E-state index in [9.17, 15) is 5.11 Å². The Morgan fingerprint density at radius 3 is 2.79 bits per heavy atom. The van der Waals surface area contributed by atoms with E-state index in [1.165, 1.54) is 0 Å². The van der Waals surface area contributed by atoms with Gasteiger partial charge in [-0.3, -0.25) is 4.90 Å². The summed E-state index contributed by atoms with van der Waals surface area (Å²) in [6.45, 7) is 7.11. The van der Waals surface area contributed by atoms with E-state index in [1.807, 2.05) is 24.3 Å². The van der Waals surface area contributed by atoms with E-state index in [-0.39, 0.29) is 11.8 Å². The van der Waals surface area contributed by atoms with Crippen LogP contribution in [0.3, 0.4) is 0 Å². The quantitative estimate of drug-likeness (QED) is 0.492. The lowest BCUT2D eigenvalue weighted by atomic mass is 10.1. The molecule has 0 radical (unpaired) electrons. The second kappa shape index (κ2) is 11.6. The molecule has 3 N–H and O–H groups in total. The Hall–Kier alpha value is -3.94. The largest absolute Gasteiger partial charge is 0.507 e. The third kappa shape index (κ3) is 5.79. The fraction of sp³-hybridized carbons (Fsp3) is 0.429. The van der Waals surface area contributed by atoms with E-state index in [1.54, 1.807) is 25.4 Å². The molecule has 10 nitrogen and oxygen atoms in total. The van der Waals surface area contributed by atoms with Gasteiger partial charge in [-0.1, -0.05) is 18.1 Å². The topological polar surface area (TPSA) is 117 Å². The van der Waals surface area contributed by atoms with Crippen molar-refractivity contribution in [2.75, 3.05) is 61.9 Å². The highest BCUT2D eigenvalue weighted by molar-refractivity contribution is 5.74. The number of likely N-dealkylation sites (tertiary alicyclic amines) is 1. The van der Waals surface area contributed by atoms with Crippen LogP contribution in [-0.2, 0) is 4.74 Å². The second-order valence-electron chi connectivity index (χ2n) is 9.76. The van der Waals surface area contributed by atoms with Crippen LogP contribution < -0.4 is 15.5 Å². The lowest BCUT2D eigenvalue weighted by Gasteiger charge is -2.28. The fourth-order valence-electron chi connectivity index (χ4n) is 5.04. The second-order valence-corrected chi connectivity index (χ2v) is 9.76. The highest BCUT2D eigenvalue weighted by Gasteiger charge is 2.25. The number of phenols is 1. The van der Waals surface area contributed by atoms with Gasteiger partial charge >= 0.3 is 0 Å². The summed E-state index contributed by atoms with van der Waals surface area (Å²) in [5, 5.41) is 18.7. The Kier molecular flexibility index (Phi) is 7.86. The van der Waals surface area contributed by atoms with Gasteiger partial charge in [-0.15, -0.1) is 10.2 Å². The Morgan fingerprint density at radius 1 is 1.11 bits per heavy atom. The van der Waals surface area contributed by atoms with Crippen molar-refractivity contribution in [3.8, 4) is 28.8 Å². The number of anilines is 3. The number of nitrogens with zero attached hydrogens (tertiary/aromatic N) is 7. The minimum atomic E-state index is 0.162. The van der Waals surface area contributed by atoms with Crippen molar-refractivity contribution in [1.29, 1.82) is 0 Å². The maximum atomic E-state index is 10.3. The van der Waals surface area contributed by atoms with Crippen molar-refractivity contribution in [2.24, 2.45) is 0 Å². The lowest BCUT2D eigenvalue weighted by molar-refractivity contribution is 0.110. The molecule has 2 aromatic heterocycles. The first-order chi connectivity index (χ1) is 18.5. The summed E-state index contributed by atoms with van der Waals surface area (Å²) < 4.78 is 5.44. The van der Waals surface area contributed by atoms with Crippen LogP contribution >= 0.6 is 0 Å². The monoisotopic (exact) mass is 514 g/mol. The van der Waals surface area contributed by atoms with Gasteiger partial charge in [0.15, 0.2) is 5.82 Å². The van der Waals surface area contributed by atoms with Gasteiger partial charge in [0, 0.05) is 57.6 Å². The molecule has 10 heteroatoms. The molecular formula is C28H34N8O2. The first-order valence-electron chi connectivity index (χ1n) is 13.0. The van der Waals surface area contributed by atoms with Crippen LogP contribution in [0.2, 0.25) is 0 Å². The molecule has 2 aliphatic heterocycles. The van der Waals surface area contributed by atoms with Gasteiger partial charge in [0.25, 0.3) is 0 Å². The molecule has 0 amide bonds. The average molecular weight is 515 g/mol. The van der Waals surface area contributed by atoms with Gasteiger partial charge in [0.05, 0.1) is 24.0 Å². The normalized spacial score (nSPS) is 20.2. The standard InChI is InChI=1S/C28H34N8O2/c1-20-10-15-35(24-18-23(32-33-28(24)29)22-6-3-4-7-25(22)37)16-17-36(20)27-9-12-30-26(31-27)8-5-13-34-14-11-21(19-34)38-2/h3-4,6-7,9,12,18,20-21,37H,10-11,13-17,19H2,1-2H3,(H2,29,33). The first kappa shape index (κ1) is 25.7.